The van der Waals surface area contributed by atoms with Crippen molar-refractivity contribution in [1.82, 2.24) is 4.72 Å². The van der Waals surface area contributed by atoms with Gasteiger partial charge in [-0.05, 0) is 43.3 Å². The van der Waals surface area contributed by atoms with E-state index in [1.165, 1.54) is 13.1 Å². The maximum Gasteiger partial charge on any atom is 0.242 e. The Hall–Kier alpha value is -2.05. The molecule has 0 amide bonds. The third-order valence-electron chi connectivity index (χ3n) is 3.29. The zero-order valence-corrected chi connectivity index (χ0v) is 12.9. The molecule has 0 spiro atoms. The summed E-state index contributed by atoms with van der Waals surface area (Å²) in [6.07, 6.45) is 0. The van der Waals surface area contributed by atoms with Crippen molar-refractivity contribution in [1.29, 1.82) is 0 Å². The van der Waals surface area contributed by atoms with Crippen molar-refractivity contribution in [3.63, 3.8) is 0 Å². The molecule has 5 nitrogen and oxygen atoms in total. The lowest BCUT2D eigenvalue weighted by atomic mass is 10.1. The van der Waals surface area contributed by atoms with Crippen molar-refractivity contribution >= 4 is 21.4 Å². The zero-order valence-electron chi connectivity index (χ0n) is 12.1. The van der Waals surface area contributed by atoms with Gasteiger partial charge in [0.15, 0.2) is 0 Å². The smallest absolute Gasteiger partial charge is 0.242 e. The molecular formula is C15H19N3O2S. The van der Waals surface area contributed by atoms with Crippen LogP contribution in [-0.2, 0) is 16.6 Å². The number of nitrogen functional groups attached to an aromatic ring is 1. The lowest BCUT2D eigenvalue weighted by Gasteiger charge is -2.14. The van der Waals surface area contributed by atoms with Gasteiger partial charge in [-0.2, -0.15) is 0 Å². The number of nitrogens with one attached hydrogen (secondary N) is 2. The molecule has 0 atom stereocenters. The monoisotopic (exact) mass is 305 g/mol. The molecule has 0 radical (unpaired) electrons. The molecule has 0 unspecified atom stereocenters. The van der Waals surface area contributed by atoms with Gasteiger partial charge >= 0.3 is 0 Å². The fourth-order valence-electron chi connectivity index (χ4n) is 2.02. The minimum atomic E-state index is -3.56. The predicted octanol–water partition coefficient (Wildman–Crippen LogP) is 2.10. The average molecular weight is 305 g/mol. The van der Waals surface area contributed by atoms with Crippen molar-refractivity contribution in [2.45, 2.75) is 18.4 Å². The molecule has 0 bridgehead atoms. The highest BCUT2D eigenvalue weighted by atomic mass is 32.2. The lowest BCUT2D eigenvalue weighted by molar-refractivity contribution is 0.588. The van der Waals surface area contributed by atoms with Gasteiger partial charge in [-0.15, -0.1) is 0 Å². The molecule has 0 aromatic heterocycles. The first-order valence-corrected chi connectivity index (χ1v) is 8.04. The summed E-state index contributed by atoms with van der Waals surface area (Å²) in [4.78, 5) is 0.151. The van der Waals surface area contributed by atoms with Crippen molar-refractivity contribution in [3.05, 3.63) is 53.6 Å². The van der Waals surface area contributed by atoms with Gasteiger partial charge in [-0.1, -0.05) is 24.3 Å². The SMILES string of the molecule is CNS(=O)(=O)c1cc(N)ccc1NCc1ccccc1C. The summed E-state index contributed by atoms with van der Waals surface area (Å²) < 4.78 is 26.4. The van der Waals surface area contributed by atoms with Crippen LogP contribution in [0.3, 0.4) is 0 Å². The lowest BCUT2D eigenvalue weighted by Crippen LogP contribution is -2.20. The largest absolute Gasteiger partial charge is 0.399 e. The van der Waals surface area contributed by atoms with E-state index in [1.54, 1.807) is 12.1 Å². The highest BCUT2D eigenvalue weighted by Gasteiger charge is 2.17. The second-order valence-electron chi connectivity index (χ2n) is 4.74. The molecular weight excluding hydrogens is 286 g/mol. The van der Waals surface area contributed by atoms with E-state index in [9.17, 15) is 8.42 Å². The van der Waals surface area contributed by atoms with Crippen molar-refractivity contribution in [2.24, 2.45) is 0 Å². The molecule has 0 aliphatic heterocycles. The molecule has 2 rings (SSSR count). The van der Waals surface area contributed by atoms with E-state index in [1.807, 2.05) is 31.2 Å². The van der Waals surface area contributed by atoms with Crippen LogP contribution in [0.25, 0.3) is 0 Å². The third kappa shape index (κ3) is 3.53. The number of sulfonamides is 1. The minimum absolute atomic E-state index is 0.151. The summed E-state index contributed by atoms with van der Waals surface area (Å²) in [5.74, 6) is 0. The van der Waals surface area contributed by atoms with E-state index in [-0.39, 0.29) is 4.90 Å². The van der Waals surface area contributed by atoms with Crippen LogP contribution in [-0.4, -0.2) is 15.5 Å². The molecule has 112 valence electrons. The topological polar surface area (TPSA) is 84.2 Å². The highest BCUT2D eigenvalue weighted by Crippen LogP contribution is 2.24. The Morgan fingerprint density at radius 1 is 1.14 bits per heavy atom. The molecule has 0 aliphatic carbocycles. The second-order valence-corrected chi connectivity index (χ2v) is 6.60. The molecule has 0 heterocycles. The molecule has 6 heteroatoms. The van der Waals surface area contributed by atoms with Crippen LogP contribution in [0.15, 0.2) is 47.4 Å². The summed E-state index contributed by atoms with van der Waals surface area (Å²) in [6.45, 7) is 2.56. The van der Waals surface area contributed by atoms with E-state index in [0.29, 0.717) is 17.9 Å². The Bertz CT molecular complexity index is 742. The first-order valence-electron chi connectivity index (χ1n) is 6.55. The number of aryl methyl sites for hydroxylation is 1. The number of hydrogen-bond acceptors (Lipinski definition) is 4. The molecule has 0 fully saturated rings. The average Bonchev–Trinajstić information content (AvgIpc) is 2.47. The van der Waals surface area contributed by atoms with E-state index >= 15 is 0 Å². The summed E-state index contributed by atoms with van der Waals surface area (Å²) in [7, 11) is -2.18. The van der Waals surface area contributed by atoms with Gasteiger partial charge < -0.3 is 11.1 Å². The quantitative estimate of drug-likeness (QED) is 0.739. The number of benzene rings is 2. The first kappa shape index (κ1) is 15.3. The Kier molecular flexibility index (Phi) is 4.50. The highest BCUT2D eigenvalue weighted by molar-refractivity contribution is 7.89. The predicted molar refractivity (Wildman–Crippen MR) is 85.6 cm³/mol. The maximum absolute atomic E-state index is 12.0. The van der Waals surface area contributed by atoms with Gasteiger partial charge in [-0.25, -0.2) is 13.1 Å². The number of nitrogens with two attached hydrogens (primary N) is 1. The number of hydrogen-bond donors (Lipinski definition) is 3. The fraction of sp³-hybridized carbons (Fsp3) is 0.200. The summed E-state index contributed by atoms with van der Waals surface area (Å²) >= 11 is 0. The van der Waals surface area contributed by atoms with Crippen LogP contribution < -0.4 is 15.8 Å². The molecule has 2 aromatic rings. The summed E-state index contributed by atoms with van der Waals surface area (Å²) in [5.41, 5.74) is 8.89. The van der Waals surface area contributed by atoms with Crippen molar-refractivity contribution in [2.75, 3.05) is 18.1 Å². The Morgan fingerprint density at radius 2 is 1.86 bits per heavy atom. The Balaban J connectivity index is 2.31. The zero-order chi connectivity index (χ0) is 15.5. The Morgan fingerprint density at radius 3 is 2.52 bits per heavy atom. The second kappa shape index (κ2) is 6.15. The van der Waals surface area contributed by atoms with Gasteiger partial charge in [0.1, 0.15) is 4.90 Å². The summed E-state index contributed by atoms with van der Waals surface area (Å²) in [6, 6.07) is 12.8. The third-order valence-corrected chi connectivity index (χ3v) is 4.75. The molecule has 0 aliphatic rings. The van der Waals surface area contributed by atoms with E-state index in [4.69, 9.17) is 5.73 Å². The van der Waals surface area contributed by atoms with E-state index in [2.05, 4.69) is 10.0 Å². The Labute approximate surface area is 125 Å². The maximum atomic E-state index is 12.0. The summed E-state index contributed by atoms with van der Waals surface area (Å²) in [5, 5.41) is 3.16. The molecule has 21 heavy (non-hydrogen) atoms. The van der Waals surface area contributed by atoms with Gasteiger partial charge in [-0.3, -0.25) is 0 Å². The van der Waals surface area contributed by atoms with E-state index in [0.717, 1.165) is 11.1 Å². The molecule has 2 aromatic carbocycles. The van der Waals surface area contributed by atoms with Crippen LogP contribution in [0.4, 0.5) is 11.4 Å². The van der Waals surface area contributed by atoms with Gasteiger partial charge in [0, 0.05) is 12.2 Å². The van der Waals surface area contributed by atoms with Crippen molar-refractivity contribution in [3.8, 4) is 0 Å². The van der Waals surface area contributed by atoms with Crippen LogP contribution in [0.2, 0.25) is 0 Å². The van der Waals surface area contributed by atoms with Crippen molar-refractivity contribution < 1.29 is 8.42 Å². The number of rotatable bonds is 5. The van der Waals surface area contributed by atoms with Crippen LogP contribution in [0, 0.1) is 6.92 Å². The van der Waals surface area contributed by atoms with Gasteiger partial charge in [0.25, 0.3) is 0 Å². The van der Waals surface area contributed by atoms with Crippen LogP contribution in [0.1, 0.15) is 11.1 Å². The van der Waals surface area contributed by atoms with Gasteiger partial charge in [0.05, 0.1) is 5.69 Å². The first-order chi connectivity index (χ1) is 9.94. The molecule has 0 saturated heterocycles. The number of anilines is 2. The van der Waals surface area contributed by atoms with E-state index < -0.39 is 10.0 Å². The van der Waals surface area contributed by atoms with Crippen LogP contribution >= 0.6 is 0 Å². The normalized spacial score (nSPS) is 11.3. The fourth-order valence-corrected chi connectivity index (χ4v) is 2.96. The van der Waals surface area contributed by atoms with Crippen LogP contribution in [0.5, 0.6) is 0 Å². The minimum Gasteiger partial charge on any atom is -0.399 e. The molecule has 0 saturated carbocycles. The standard InChI is InChI=1S/C15H19N3O2S/c1-11-5-3-4-6-12(11)10-18-14-8-7-13(16)9-15(14)21(19,20)17-2/h3-9,17-18H,10,16H2,1-2H3. The van der Waals surface area contributed by atoms with Gasteiger partial charge in [0.2, 0.25) is 10.0 Å². The molecule has 4 N–H and O–H groups in total.